The van der Waals surface area contributed by atoms with Crippen LogP contribution in [0.5, 0.6) is 0 Å². The van der Waals surface area contributed by atoms with Crippen LogP contribution in [0.25, 0.3) is 0 Å². The van der Waals surface area contributed by atoms with Gasteiger partial charge in [0.25, 0.3) is 0 Å². The smallest absolute Gasteiger partial charge is 0.229 e. The van der Waals surface area contributed by atoms with Crippen molar-refractivity contribution < 1.29 is 9.18 Å². The molecule has 1 aliphatic rings. The number of hydrogen-bond acceptors (Lipinski definition) is 5. The molecule has 0 spiro atoms. The standard InChI is InChI=1S/C16H17FN4O/c1-11-10-15(21-8-6-14(22)7-9-21)20-16(18-11)19-13-4-2-12(17)3-5-13/h2-5,10H,6-9H2,1H3,(H,18,19,20). The van der Waals surface area contributed by atoms with E-state index < -0.39 is 0 Å². The van der Waals surface area contributed by atoms with E-state index in [-0.39, 0.29) is 5.82 Å². The normalized spacial score (nSPS) is 15.0. The molecule has 22 heavy (non-hydrogen) atoms. The lowest BCUT2D eigenvalue weighted by Gasteiger charge is -2.27. The maximum Gasteiger partial charge on any atom is 0.229 e. The Morgan fingerprint density at radius 3 is 2.50 bits per heavy atom. The van der Waals surface area contributed by atoms with Gasteiger partial charge in [0.2, 0.25) is 5.95 Å². The second-order valence-electron chi connectivity index (χ2n) is 5.35. The number of Topliss-reactive ketones (excluding diaryl/α,β-unsaturated/α-hetero) is 1. The first kappa shape index (κ1) is 14.4. The van der Waals surface area contributed by atoms with Crippen molar-refractivity contribution in [2.75, 3.05) is 23.3 Å². The highest BCUT2D eigenvalue weighted by Crippen LogP contribution is 2.20. The molecule has 1 aliphatic heterocycles. The van der Waals surface area contributed by atoms with E-state index in [0.717, 1.165) is 17.2 Å². The van der Waals surface area contributed by atoms with E-state index in [9.17, 15) is 9.18 Å². The number of aromatic nitrogens is 2. The molecule has 0 amide bonds. The average molecular weight is 300 g/mol. The fraction of sp³-hybridized carbons (Fsp3) is 0.312. The summed E-state index contributed by atoms with van der Waals surface area (Å²) in [5.74, 6) is 1.30. The number of nitrogens with one attached hydrogen (secondary N) is 1. The van der Waals surface area contributed by atoms with Gasteiger partial charge >= 0.3 is 0 Å². The molecule has 0 bridgehead atoms. The molecule has 1 aromatic heterocycles. The van der Waals surface area contributed by atoms with Gasteiger partial charge in [-0.25, -0.2) is 9.37 Å². The van der Waals surface area contributed by atoms with Crippen LogP contribution in [-0.2, 0) is 4.79 Å². The molecule has 3 rings (SSSR count). The molecule has 0 unspecified atom stereocenters. The highest BCUT2D eigenvalue weighted by Gasteiger charge is 2.18. The van der Waals surface area contributed by atoms with Crippen molar-refractivity contribution in [1.82, 2.24) is 9.97 Å². The highest BCUT2D eigenvalue weighted by molar-refractivity contribution is 5.80. The van der Waals surface area contributed by atoms with Gasteiger partial charge in [0.1, 0.15) is 17.4 Å². The Bertz CT molecular complexity index is 677. The first-order valence-corrected chi connectivity index (χ1v) is 7.25. The number of anilines is 3. The number of carbonyl (C=O) groups excluding carboxylic acids is 1. The van der Waals surface area contributed by atoms with Gasteiger partial charge in [0.15, 0.2) is 0 Å². The quantitative estimate of drug-likeness (QED) is 0.944. The van der Waals surface area contributed by atoms with Crippen molar-refractivity contribution in [3.63, 3.8) is 0 Å². The zero-order valence-corrected chi connectivity index (χ0v) is 12.3. The molecule has 1 N–H and O–H groups in total. The monoisotopic (exact) mass is 300 g/mol. The summed E-state index contributed by atoms with van der Waals surface area (Å²) in [4.78, 5) is 22.3. The lowest BCUT2D eigenvalue weighted by molar-refractivity contribution is -0.119. The predicted octanol–water partition coefficient (Wildman–Crippen LogP) is 2.84. The van der Waals surface area contributed by atoms with Crippen molar-refractivity contribution in [1.29, 1.82) is 0 Å². The summed E-state index contributed by atoms with van der Waals surface area (Å²) in [6.07, 6.45) is 1.12. The number of nitrogens with zero attached hydrogens (tertiary/aromatic N) is 3. The molecular formula is C16H17FN4O. The summed E-state index contributed by atoms with van der Waals surface area (Å²) in [5, 5.41) is 3.08. The Labute approximate surface area is 128 Å². The molecule has 1 fully saturated rings. The van der Waals surface area contributed by atoms with Crippen LogP contribution in [0, 0.1) is 12.7 Å². The second kappa shape index (κ2) is 6.09. The Morgan fingerprint density at radius 2 is 1.82 bits per heavy atom. The van der Waals surface area contributed by atoms with E-state index in [1.54, 1.807) is 12.1 Å². The minimum absolute atomic E-state index is 0.283. The van der Waals surface area contributed by atoms with Crippen LogP contribution in [0.1, 0.15) is 18.5 Å². The van der Waals surface area contributed by atoms with Gasteiger partial charge in [0, 0.05) is 43.4 Å². The summed E-state index contributed by atoms with van der Waals surface area (Å²) < 4.78 is 12.9. The van der Waals surface area contributed by atoms with E-state index in [2.05, 4.69) is 20.2 Å². The molecule has 2 heterocycles. The topological polar surface area (TPSA) is 58.1 Å². The number of hydrogen-bond donors (Lipinski definition) is 1. The van der Waals surface area contributed by atoms with E-state index in [0.29, 0.717) is 37.7 Å². The van der Waals surface area contributed by atoms with Crippen molar-refractivity contribution in [2.24, 2.45) is 0 Å². The maximum atomic E-state index is 12.9. The summed E-state index contributed by atoms with van der Waals surface area (Å²) in [6, 6.07) is 7.96. The third-order valence-electron chi connectivity index (χ3n) is 3.59. The van der Waals surface area contributed by atoms with Gasteiger partial charge in [-0.3, -0.25) is 4.79 Å². The third-order valence-corrected chi connectivity index (χ3v) is 3.59. The predicted molar refractivity (Wildman–Crippen MR) is 82.9 cm³/mol. The molecule has 1 saturated heterocycles. The summed E-state index contributed by atoms with van der Waals surface area (Å²) in [5.41, 5.74) is 1.57. The molecule has 1 aromatic carbocycles. The molecule has 0 aliphatic carbocycles. The van der Waals surface area contributed by atoms with E-state index in [4.69, 9.17) is 0 Å². The number of rotatable bonds is 3. The van der Waals surface area contributed by atoms with E-state index in [1.165, 1.54) is 12.1 Å². The lowest BCUT2D eigenvalue weighted by Crippen LogP contribution is -2.34. The number of aryl methyl sites for hydroxylation is 1. The summed E-state index contributed by atoms with van der Waals surface area (Å²) in [7, 11) is 0. The van der Waals surface area contributed by atoms with Crippen LogP contribution < -0.4 is 10.2 Å². The van der Waals surface area contributed by atoms with Gasteiger partial charge in [-0.2, -0.15) is 4.98 Å². The zero-order chi connectivity index (χ0) is 15.5. The van der Waals surface area contributed by atoms with Crippen LogP contribution >= 0.6 is 0 Å². The molecule has 0 saturated carbocycles. The average Bonchev–Trinajstić information content (AvgIpc) is 2.50. The third kappa shape index (κ3) is 3.39. The van der Waals surface area contributed by atoms with Gasteiger partial charge in [-0.1, -0.05) is 0 Å². The van der Waals surface area contributed by atoms with Crippen molar-refractivity contribution >= 4 is 23.2 Å². The van der Waals surface area contributed by atoms with Gasteiger partial charge < -0.3 is 10.2 Å². The zero-order valence-electron chi connectivity index (χ0n) is 12.3. The Hall–Kier alpha value is -2.50. The van der Waals surface area contributed by atoms with E-state index >= 15 is 0 Å². The van der Waals surface area contributed by atoms with Crippen LogP contribution in [0.4, 0.5) is 21.8 Å². The van der Waals surface area contributed by atoms with Crippen LogP contribution in [0.2, 0.25) is 0 Å². The number of ketones is 1. The molecule has 0 radical (unpaired) electrons. The first-order valence-electron chi connectivity index (χ1n) is 7.25. The maximum absolute atomic E-state index is 12.9. The molecule has 5 nitrogen and oxygen atoms in total. The van der Waals surface area contributed by atoms with Crippen LogP contribution in [0.3, 0.4) is 0 Å². The highest BCUT2D eigenvalue weighted by atomic mass is 19.1. The number of benzene rings is 1. The van der Waals surface area contributed by atoms with Crippen LogP contribution in [0.15, 0.2) is 30.3 Å². The van der Waals surface area contributed by atoms with E-state index in [1.807, 2.05) is 13.0 Å². The lowest BCUT2D eigenvalue weighted by atomic mass is 10.1. The Balaban J connectivity index is 1.80. The van der Waals surface area contributed by atoms with Gasteiger partial charge in [-0.05, 0) is 31.2 Å². The Kier molecular flexibility index (Phi) is 4.00. The van der Waals surface area contributed by atoms with Crippen LogP contribution in [-0.4, -0.2) is 28.8 Å². The summed E-state index contributed by atoms with van der Waals surface area (Å²) in [6.45, 7) is 3.27. The summed E-state index contributed by atoms with van der Waals surface area (Å²) >= 11 is 0. The molecular weight excluding hydrogens is 283 g/mol. The molecule has 2 aromatic rings. The SMILES string of the molecule is Cc1cc(N2CCC(=O)CC2)nc(Nc2ccc(F)cc2)n1. The fourth-order valence-corrected chi connectivity index (χ4v) is 2.42. The largest absolute Gasteiger partial charge is 0.356 e. The minimum atomic E-state index is -0.283. The molecule has 114 valence electrons. The minimum Gasteiger partial charge on any atom is -0.356 e. The fourth-order valence-electron chi connectivity index (χ4n) is 2.42. The number of piperidine rings is 1. The van der Waals surface area contributed by atoms with Crippen molar-refractivity contribution in [3.8, 4) is 0 Å². The Morgan fingerprint density at radius 1 is 1.14 bits per heavy atom. The second-order valence-corrected chi connectivity index (χ2v) is 5.35. The molecule has 6 heteroatoms. The number of halogens is 1. The van der Waals surface area contributed by atoms with Crippen molar-refractivity contribution in [3.05, 3.63) is 41.8 Å². The first-order chi connectivity index (χ1) is 10.6. The van der Waals surface area contributed by atoms with Crippen molar-refractivity contribution in [2.45, 2.75) is 19.8 Å². The molecule has 0 atom stereocenters. The van der Waals surface area contributed by atoms with Gasteiger partial charge in [-0.15, -0.1) is 0 Å². The van der Waals surface area contributed by atoms with Gasteiger partial charge in [0.05, 0.1) is 0 Å². The number of carbonyl (C=O) groups is 1.